The van der Waals surface area contributed by atoms with Crippen LogP contribution >= 0.6 is 0 Å². The lowest BCUT2D eigenvalue weighted by atomic mass is 9.83. The number of nitrogens with one attached hydrogen (secondary N) is 2. The third-order valence-corrected chi connectivity index (χ3v) is 7.44. The Morgan fingerprint density at radius 2 is 1.79 bits per heavy atom. The van der Waals surface area contributed by atoms with Crippen LogP contribution in [0.4, 0.5) is 5.69 Å². The first-order chi connectivity index (χ1) is 16.3. The highest BCUT2D eigenvalue weighted by molar-refractivity contribution is 6.02. The van der Waals surface area contributed by atoms with Gasteiger partial charge in [0.25, 0.3) is 5.91 Å². The maximum atomic E-state index is 13.9. The van der Waals surface area contributed by atoms with Crippen LogP contribution in [0.2, 0.25) is 0 Å². The molecular weight excluding hydrogens is 432 g/mol. The van der Waals surface area contributed by atoms with E-state index in [-0.39, 0.29) is 47.8 Å². The molecule has 8 heteroatoms. The first-order valence-electron chi connectivity index (χ1n) is 12.5. The average Bonchev–Trinajstić information content (AvgIpc) is 3.38. The van der Waals surface area contributed by atoms with E-state index in [9.17, 15) is 19.2 Å². The Labute approximate surface area is 201 Å². The molecule has 4 unspecified atom stereocenters. The van der Waals surface area contributed by atoms with Gasteiger partial charge in [0.2, 0.25) is 5.91 Å². The summed E-state index contributed by atoms with van der Waals surface area (Å²) in [5.74, 6) is -0.632. The topological polar surface area (TPSA) is 122 Å². The molecule has 2 heterocycles. The van der Waals surface area contributed by atoms with Crippen molar-refractivity contribution in [2.24, 2.45) is 11.8 Å². The van der Waals surface area contributed by atoms with Crippen LogP contribution in [0.5, 0.6) is 0 Å². The zero-order valence-corrected chi connectivity index (χ0v) is 20.1. The Morgan fingerprint density at radius 1 is 1.12 bits per heavy atom. The third kappa shape index (κ3) is 5.02. The molecule has 0 aromatic heterocycles. The van der Waals surface area contributed by atoms with E-state index in [1.54, 1.807) is 24.3 Å². The number of amides is 2. The SMILES string of the molecule is CC(C)CC(NC(=O)c1ccc(N)cc1)C(=O)N1C(C(=O)C2CCCCC2)CC2NCC(=O)C21. The standard InChI is InChI=1S/C26H36N4O4/c1-15(2)12-20(29-25(33)17-8-10-18(27)11-9-17)26(34)30-21(13-19-23(30)22(31)14-28-19)24(32)16-6-4-3-5-7-16/h8-11,15-16,19-21,23,28H,3-7,12-14,27H2,1-2H3,(H,29,33). The number of nitrogen functional groups attached to an aromatic ring is 1. The molecule has 0 bridgehead atoms. The van der Waals surface area contributed by atoms with Crippen LogP contribution in [0.1, 0.15) is 69.2 Å². The van der Waals surface area contributed by atoms with Gasteiger partial charge in [0.05, 0.1) is 12.6 Å². The number of hydrogen-bond acceptors (Lipinski definition) is 6. The summed E-state index contributed by atoms with van der Waals surface area (Å²) in [7, 11) is 0. The van der Waals surface area contributed by atoms with Gasteiger partial charge < -0.3 is 21.3 Å². The molecule has 2 aliphatic heterocycles. The summed E-state index contributed by atoms with van der Waals surface area (Å²) in [5, 5.41) is 6.08. The second kappa shape index (κ2) is 10.3. The molecule has 1 saturated carbocycles. The fourth-order valence-corrected chi connectivity index (χ4v) is 5.73. The van der Waals surface area contributed by atoms with Crippen molar-refractivity contribution in [1.82, 2.24) is 15.5 Å². The van der Waals surface area contributed by atoms with E-state index in [1.165, 1.54) is 4.90 Å². The Balaban J connectivity index is 1.59. The maximum Gasteiger partial charge on any atom is 0.251 e. The van der Waals surface area contributed by atoms with E-state index < -0.39 is 18.1 Å². The van der Waals surface area contributed by atoms with E-state index in [0.717, 1.165) is 32.1 Å². The molecule has 2 saturated heterocycles. The lowest BCUT2D eigenvalue weighted by Gasteiger charge is -2.34. The Bertz CT molecular complexity index is 939. The highest BCUT2D eigenvalue weighted by atomic mass is 16.2. The predicted octanol–water partition coefficient (Wildman–Crippen LogP) is 2.07. The van der Waals surface area contributed by atoms with Gasteiger partial charge in [-0.25, -0.2) is 0 Å². The van der Waals surface area contributed by atoms with E-state index in [0.29, 0.717) is 24.1 Å². The second-order valence-corrected chi connectivity index (χ2v) is 10.4. The van der Waals surface area contributed by atoms with Gasteiger partial charge in [-0.2, -0.15) is 0 Å². The normalized spacial score (nSPS) is 25.9. The van der Waals surface area contributed by atoms with Crippen LogP contribution < -0.4 is 16.4 Å². The van der Waals surface area contributed by atoms with Gasteiger partial charge in [-0.1, -0.05) is 33.1 Å². The molecule has 1 aromatic carbocycles. The molecule has 2 amide bonds. The minimum Gasteiger partial charge on any atom is -0.399 e. The minimum atomic E-state index is -0.821. The van der Waals surface area contributed by atoms with Crippen molar-refractivity contribution in [3.63, 3.8) is 0 Å². The monoisotopic (exact) mass is 468 g/mol. The highest BCUT2D eigenvalue weighted by Gasteiger charge is 2.54. The summed E-state index contributed by atoms with van der Waals surface area (Å²) in [6, 6.07) is 4.22. The van der Waals surface area contributed by atoms with Crippen molar-refractivity contribution in [2.75, 3.05) is 12.3 Å². The summed E-state index contributed by atoms with van der Waals surface area (Å²) in [5.41, 5.74) is 6.68. The van der Waals surface area contributed by atoms with Crippen LogP contribution in [0, 0.1) is 11.8 Å². The number of nitrogens with zero attached hydrogens (tertiary/aromatic N) is 1. The number of nitrogens with two attached hydrogens (primary N) is 1. The predicted molar refractivity (Wildman–Crippen MR) is 129 cm³/mol. The number of Topliss-reactive ketones (excluding diaryl/α,β-unsaturated/α-hetero) is 2. The Hall–Kier alpha value is -2.74. The van der Waals surface area contributed by atoms with Crippen LogP contribution in [0.15, 0.2) is 24.3 Å². The van der Waals surface area contributed by atoms with Crippen LogP contribution in [0.3, 0.4) is 0 Å². The fourth-order valence-electron chi connectivity index (χ4n) is 5.73. The van der Waals surface area contributed by atoms with Crippen molar-refractivity contribution in [3.05, 3.63) is 29.8 Å². The van der Waals surface area contributed by atoms with Gasteiger partial charge in [0.15, 0.2) is 11.6 Å². The number of carbonyl (C=O) groups is 4. The zero-order valence-electron chi connectivity index (χ0n) is 20.1. The zero-order chi connectivity index (χ0) is 24.4. The van der Waals surface area contributed by atoms with Gasteiger partial charge in [-0.15, -0.1) is 0 Å². The minimum absolute atomic E-state index is 0.0594. The molecule has 0 spiro atoms. The van der Waals surface area contributed by atoms with Gasteiger partial charge in [0, 0.05) is 23.2 Å². The summed E-state index contributed by atoms with van der Waals surface area (Å²) >= 11 is 0. The maximum absolute atomic E-state index is 13.9. The summed E-state index contributed by atoms with van der Waals surface area (Å²) in [6.45, 7) is 4.17. The number of hydrogen-bond donors (Lipinski definition) is 3. The van der Waals surface area contributed by atoms with Gasteiger partial charge in [-0.05, 0) is 55.9 Å². The average molecular weight is 469 g/mol. The largest absolute Gasteiger partial charge is 0.399 e. The van der Waals surface area contributed by atoms with Gasteiger partial charge in [0.1, 0.15) is 12.1 Å². The third-order valence-electron chi connectivity index (χ3n) is 7.44. The second-order valence-electron chi connectivity index (χ2n) is 10.4. The molecule has 1 aromatic rings. The number of rotatable bonds is 7. The molecule has 34 heavy (non-hydrogen) atoms. The van der Waals surface area contributed by atoms with Gasteiger partial charge >= 0.3 is 0 Å². The molecule has 3 aliphatic rings. The summed E-state index contributed by atoms with van der Waals surface area (Å²) < 4.78 is 0. The first kappa shape index (κ1) is 24.4. The molecule has 3 fully saturated rings. The number of benzene rings is 1. The lowest BCUT2D eigenvalue weighted by molar-refractivity contribution is -0.145. The van der Waals surface area contributed by atoms with E-state index >= 15 is 0 Å². The summed E-state index contributed by atoms with van der Waals surface area (Å²) in [6.07, 6.45) is 5.74. The first-order valence-corrected chi connectivity index (χ1v) is 12.5. The number of anilines is 1. The van der Waals surface area contributed by atoms with Crippen molar-refractivity contribution < 1.29 is 19.2 Å². The molecule has 184 valence electrons. The smallest absolute Gasteiger partial charge is 0.251 e. The molecule has 1 aliphatic carbocycles. The van der Waals surface area contributed by atoms with E-state index in [2.05, 4.69) is 10.6 Å². The fraction of sp³-hybridized carbons (Fsp3) is 0.615. The van der Waals surface area contributed by atoms with Crippen LogP contribution in [-0.4, -0.2) is 59.0 Å². The molecular formula is C26H36N4O4. The van der Waals surface area contributed by atoms with Crippen LogP contribution in [-0.2, 0) is 14.4 Å². The van der Waals surface area contributed by atoms with Gasteiger partial charge in [-0.3, -0.25) is 19.2 Å². The van der Waals surface area contributed by atoms with Crippen molar-refractivity contribution in [2.45, 2.75) is 83.0 Å². The Kier molecular flexibility index (Phi) is 7.36. The number of ketones is 2. The van der Waals surface area contributed by atoms with Crippen molar-refractivity contribution in [1.29, 1.82) is 0 Å². The number of likely N-dealkylation sites (tertiary alicyclic amines) is 1. The Morgan fingerprint density at radius 3 is 2.44 bits per heavy atom. The molecule has 8 nitrogen and oxygen atoms in total. The molecule has 4 rings (SSSR count). The number of carbonyl (C=O) groups excluding carboxylic acids is 4. The quantitative estimate of drug-likeness (QED) is 0.527. The molecule has 0 radical (unpaired) electrons. The lowest BCUT2D eigenvalue weighted by Crippen LogP contribution is -2.57. The summed E-state index contributed by atoms with van der Waals surface area (Å²) in [4.78, 5) is 54.7. The molecule has 4 atom stereocenters. The van der Waals surface area contributed by atoms with Crippen molar-refractivity contribution >= 4 is 29.1 Å². The number of fused-ring (bicyclic) bond motifs is 1. The van der Waals surface area contributed by atoms with Crippen LogP contribution in [0.25, 0.3) is 0 Å². The van der Waals surface area contributed by atoms with E-state index in [1.807, 2.05) is 13.8 Å². The molecule has 4 N–H and O–H groups in total. The highest BCUT2D eigenvalue weighted by Crippen LogP contribution is 2.35. The van der Waals surface area contributed by atoms with Crippen molar-refractivity contribution in [3.8, 4) is 0 Å². The van der Waals surface area contributed by atoms with E-state index in [4.69, 9.17) is 5.73 Å².